The largest absolute Gasteiger partial charge is 0.493 e. The van der Waals surface area contributed by atoms with Crippen LogP contribution in [0, 0.1) is 0 Å². The maximum absolute atomic E-state index is 13.8. The third kappa shape index (κ3) is 5.07. The van der Waals surface area contributed by atoms with E-state index in [0.29, 0.717) is 35.7 Å². The van der Waals surface area contributed by atoms with Gasteiger partial charge in [0.15, 0.2) is 11.5 Å². The number of amides is 2. The van der Waals surface area contributed by atoms with Gasteiger partial charge in [-0.2, -0.15) is 0 Å². The fourth-order valence-corrected chi connectivity index (χ4v) is 5.57. The Balaban J connectivity index is 1.64. The van der Waals surface area contributed by atoms with Crippen LogP contribution in [0.4, 0.5) is 0 Å². The number of fused-ring (bicyclic) bond motifs is 4. The molecule has 0 saturated carbocycles. The highest BCUT2D eigenvalue weighted by Crippen LogP contribution is 2.48. The topological polar surface area (TPSA) is 71.1 Å². The van der Waals surface area contributed by atoms with Crippen molar-refractivity contribution in [3.63, 3.8) is 0 Å². The molecule has 0 fully saturated rings. The minimum Gasteiger partial charge on any atom is -0.493 e. The molecule has 7 nitrogen and oxygen atoms in total. The lowest BCUT2D eigenvalue weighted by Crippen LogP contribution is -2.50. The Labute approximate surface area is 214 Å². The van der Waals surface area contributed by atoms with E-state index in [-0.39, 0.29) is 17.9 Å². The first kappa shape index (κ1) is 26.0. The minimum atomic E-state index is -0.527. The summed E-state index contributed by atoms with van der Waals surface area (Å²) in [7, 11) is 3.13. The zero-order valence-corrected chi connectivity index (χ0v) is 22.0. The van der Waals surface area contributed by atoms with Crippen LogP contribution >= 0.6 is 0 Å². The smallest absolute Gasteiger partial charge is 0.254 e. The molecule has 0 saturated heterocycles. The zero-order valence-electron chi connectivity index (χ0n) is 22.0. The summed E-state index contributed by atoms with van der Waals surface area (Å²) in [4.78, 5) is 31.8. The van der Waals surface area contributed by atoms with Crippen LogP contribution in [0.5, 0.6) is 11.5 Å². The van der Waals surface area contributed by atoms with E-state index in [1.54, 1.807) is 20.3 Å². The van der Waals surface area contributed by atoms with Crippen LogP contribution in [0.25, 0.3) is 0 Å². The molecule has 0 aliphatic carbocycles. The molecule has 2 heterocycles. The average Bonchev–Trinajstić information content (AvgIpc) is 2.91. The Hall–Kier alpha value is -3.06. The molecule has 2 amide bonds. The van der Waals surface area contributed by atoms with Crippen LogP contribution in [0.2, 0.25) is 0 Å². The number of carbonyl (C=O) groups is 2. The molecule has 1 N–H and O–H groups in total. The molecule has 2 atom stereocenters. The van der Waals surface area contributed by atoms with Crippen molar-refractivity contribution in [3.8, 4) is 11.5 Å². The Kier molecular flexibility index (Phi) is 8.52. The lowest BCUT2D eigenvalue weighted by Gasteiger charge is -2.45. The molecule has 2 aliphatic heterocycles. The second-order valence-corrected chi connectivity index (χ2v) is 9.60. The van der Waals surface area contributed by atoms with Crippen molar-refractivity contribution in [2.24, 2.45) is 0 Å². The van der Waals surface area contributed by atoms with Crippen LogP contribution in [0.1, 0.15) is 72.1 Å². The van der Waals surface area contributed by atoms with Crippen LogP contribution in [-0.2, 0) is 11.2 Å². The summed E-state index contributed by atoms with van der Waals surface area (Å²) in [6.45, 7) is 8.64. The van der Waals surface area contributed by atoms with Gasteiger partial charge in [-0.05, 0) is 67.7 Å². The average molecular weight is 494 g/mol. The predicted octanol–water partition coefficient (Wildman–Crippen LogP) is 4.17. The normalized spacial score (nSPS) is 18.4. The molecule has 0 bridgehead atoms. The van der Waals surface area contributed by atoms with Gasteiger partial charge in [-0.15, -0.1) is 0 Å². The summed E-state index contributed by atoms with van der Waals surface area (Å²) in [6, 6.07) is 11.4. The Morgan fingerprint density at radius 1 is 1.06 bits per heavy atom. The van der Waals surface area contributed by atoms with Gasteiger partial charge in [0.05, 0.1) is 26.2 Å². The van der Waals surface area contributed by atoms with Crippen LogP contribution in [-0.4, -0.2) is 68.6 Å². The van der Waals surface area contributed by atoms with Crippen molar-refractivity contribution in [3.05, 3.63) is 58.7 Å². The molecule has 2 aromatic carbocycles. The molecule has 2 aromatic rings. The second-order valence-electron chi connectivity index (χ2n) is 9.60. The van der Waals surface area contributed by atoms with Crippen molar-refractivity contribution < 1.29 is 19.1 Å². The molecule has 0 spiro atoms. The predicted molar refractivity (Wildman–Crippen MR) is 141 cm³/mol. The van der Waals surface area contributed by atoms with Gasteiger partial charge < -0.3 is 24.6 Å². The molecule has 4 rings (SSSR count). The highest BCUT2D eigenvalue weighted by atomic mass is 16.5. The van der Waals surface area contributed by atoms with E-state index < -0.39 is 5.92 Å². The van der Waals surface area contributed by atoms with Gasteiger partial charge >= 0.3 is 0 Å². The van der Waals surface area contributed by atoms with Crippen molar-refractivity contribution in [1.29, 1.82) is 0 Å². The molecule has 2 aliphatic rings. The van der Waals surface area contributed by atoms with Gasteiger partial charge in [0, 0.05) is 18.7 Å². The number of benzene rings is 2. The number of ether oxygens (including phenoxy) is 2. The van der Waals surface area contributed by atoms with Gasteiger partial charge in [-0.1, -0.05) is 44.5 Å². The van der Waals surface area contributed by atoms with Crippen LogP contribution in [0.15, 0.2) is 36.4 Å². The van der Waals surface area contributed by atoms with Crippen molar-refractivity contribution in [2.45, 2.75) is 51.5 Å². The van der Waals surface area contributed by atoms with Crippen LogP contribution in [0.3, 0.4) is 0 Å². The van der Waals surface area contributed by atoms with Gasteiger partial charge in [0.1, 0.15) is 0 Å². The van der Waals surface area contributed by atoms with E-state index in [9.17, 15) is 9.59 Å². The highest BCUT2D eigenvalue weighted by molar-refractivity contribution is 6.02. The number of hydrogen-bond acceptors (Lipinski definition) is 5. The Morgan fingerprint density at radius 2 is 1.78 bits per heavy atom. The lowest BCUT2D eigenvalue weighted by atomic mass is 9.75. The van der Waals surface area contributed by atoms with Crippen LogP contribution < -0.4 is 14.8 Å². The first-order chi connectivity index (χ1) is 17.5. The number of methoxy groups -OCH3 is 2. The minimum absolute atomic E-state index is 0.0562. The molecule has 36 heavy (non-hydrogen) atoms. The molecule has 0 radical (unpaired) electrons. The lowest BCUT2D eigenvalue weighted by molar-refractivity contribution is -0.124. The van der Waals surface area contributed by atoms with E-state index in [0.717, 1.165) is 38.0 Å². The van der Waals surface area contributed by atoms with Crippen molar-refractivity contribution in [1.82, 2.24) is 15.1 Å². The Morgan fingerprint density at radius 3 is 2.50 bits per heavy atom. The fraction of sp³-hybridized carbons (Fsp3) is 0.517. The number of carbonyl (C=O) groups excluding carboxylic acids is 2. The third-order valence-corrected chi connectivity index (χ3v) is 7.54. The van der Waals surface area contributed by atoms with E-state index in [4.69, 9.17) is 9.47 Å². The molecule has 7 heteroatoms. The first-order valence-corrected chi connectivity index (χ1v) is 13.2. The van der Waals surface area contributed by atoms with Crippen molar-refractivity contribution >= 4 is 11.8 Å². The summed E-state index contributed by atoms with van der Waals surface area (Å²) >= 11 is 0. The molecule has 0 aromatic heterocycles. The molecule has 194 valence electrons. The fourth-order valence-electron chi connectivity index (χ4n) is 5.57. The van der Waals surface area contributed by atoms with E-state index in [1.807, 2.05) is 23.1 Å². The monoisotopic (exact) mass is 493 g/mol. The summed E-state index contributed by atoms with van der Waals surface area (Å²) < 4.78 is 11.0. The standard InChI is InChI=1S/C29H39N3O4/c1-5-7-15-31(6-2)16-10-14-30-28(33)26-22-18-24(35-3)25(36-4)19-23(22)29(34)32-17-13-20-11-8-9-12-21(20)27(26)32/h8-9,11-12,18-19,26-27H,5-7,10,13-17H2,1-4H3,(H,30,33)/t26-,27-/m0/s1. The molecule has 0 unspecified atom stereocenters. The van der Waals surface area contributed by atoms with Crippen molar-refractivity contribution in [2.75, 3.05) is 46.9 Å². The number of nitrogens with zero attached hydrogens (tertiary/aromatic N) is 2. The summed E-state index contributed by atoms with van der Waals surface area (Å²) in [6.07, 6.45) is 4.04. The van der Waals surface area contributed by atoms with E-state index in [1.165, 1.54) is 18.4 Å². The summed E-state index contributed by atoms with van der Waals surface area (Å²) in [5.74, 6) is 0.366. The maximum atomic E-state index is 13.8. The number of nitrogens with one attached hydrogen (secondary N) is 1. The van der Waals surface area contributed by atoms with Gasteiger partial charge in [0.2, 0.25) is 5.91 Å². The van der Waals surface area contributed by atoms with E-state index in [2.05, 4.69) is 36.2 Å². The zero-order chi connectivity index (χ0) is 25.7. The van der Waals surface area contributed by atoms with Gasteiger partial charge in [-0.25, -0.2) is 0 Å². The third-order valence-electron chi connectivity index (χ3n) is 7.54. The number of unbranched alkanes of at least 4 members (excludes halogenated alkanes) is 1. The quantitative estimate of drug-likeness (QED) is 0.476. The number of rotatable bonds is 11. The maximum Gasteiger partial charge on any atom is 0.254 e. The van der Waals surface area contributed by atoms with Gasteiger partial charge in [-0.3, -0.25) is 9.59 Å². The number of hydrogen-bond donors (Lipinski definition) is 1. The molecular formula is C29H39N3O4. The summed E-state index contributed by atoms with van der Waals surface area (Å²) in [5, 5.41) is 3.20. The second kappa shape index (κ2) is 11.8. The van der Waals surface area contributed by atoms with E-state index >= 15 is 0 Å². The molecular weight excluding hydrogens is 454 g/mol. The van der Waals surface area contributed by atoms with Gasteiger partial charge in [0.25, 0.3) is 5.91 Å². The summed E-state index contributed by atoms with van der Waals surface area (Å²) in [5.41, 5.74) is 3.46. The SMILES string of the molecule is CCCCN(CC)CCCNC(=O)[C@H]1c2cc(OC)c(OC)cc2C(=O)N2CCc3ccccc3[C@@H]12. The first-order valence-electron chi connectivity index (χ1n) is 13.2. The highest BCUT2D eigenvalue weighted by Gasteiger charge is 2.46. The Bertz CT molecular complexity index is 1090.